The topological polar surface area (TPSA) is 26.0 Å². The Morgan fingerprint density at radius 2 is 2.10 bits per heavy atom. The molecule has 1 unspecified atom stereocenters. The second-order valence-electron chi connectivity index (χ2n) is 2.09. The van der Waals surface area contributed by atoms with Crippen LogP contribution in [0.5, 0.6) is 0 Å². The third-order valence-electron chi connectivity index (χ3n) is 1.34. The molecule has 0 aromatic heterocycles. The zero-order valence-electron chi connectivity index (χ0n) is 5.55. The maximum absolute atomic E-state index is 11.9. The monoisotopic (exact) mass is 138 g/mol. The first-order chi connectivity index (χ1) is 4.84. The third-order valence-corrected chi connectivity index (χ3v) is 1.34. The standard InChI is InChI=1S/C8H9FN/c9-6-8(10)7-4-2-1-3-5-7/h2-5,8H,6,10H2. The van der Waals surface area contributed by atoms with Gasteiger partial charge in [0.1, 0.15) is 6.67 Å². The maximum Gasteiger partial charge on any atom is 0.109 e. The zero-order chi connectivity index (χ0) is 7.40. The molecule has 1 atom stereocenters. The first-order valence-corrected chi connectivity index (χ1v) is 3.12. The van der Waals surface area contributed by atoms with Crippen molar-refractivity contribution in [2.45, 2.75) is 6.04 Å². The Morgan fingerprint density at radius 3 is 2.60 bits per heavy atom. The quantitative estimate of drug-likeness (QED) is 0.657. The van der Waals surface area contributed by atoms with Gasteiger partial charge in [-0.2, -0.15) is 0 Å². The van der Waals surface area contributed by atoms with Crippen LogP contribution < -0.4 is 5.73 Å². The number of hydrogen-bond donors (Lipinski definition) is 1. The van der Waals surface area contributed by atoms with Gasteiger partial charge in [-0.1, -0.05) is 24.3 Å². The SMILES string of the molecule is NC(CF)c1cc[c]cc1. The van der Waals surface area contributed by atoms with Crippen molar-refractivity contribution in [1.29, 1.82) is 0 Å². The Kier molecular flexibility index (Phi) is 2.40. The third kappa shape index (κ3) is 1.54. The van der Waals surface area contributed by atoms with Crippen molar-refractivity contribution in [3.05, 3.63) is 35.9 Å². The largest absolute Gasteiger partial charge is 0.322 e. The van der Waals surface area contributed by atoms with Crippen LogP contribution in [-0.4, -0.2) is 6.67 Å². The number of rotatable bonds is 2. The summed E-state index contributed by atoms with van der Waals surface area (Å²) < 4.78 is 11.9. The summed E-state index contributed by atoms with van der Waals surface area (Å²) in [7, 11) is 0. The molecule has 2 N–H and O–H groups in total. The van der Waals surface area contributed by atoms with Crippen molar-refractivity contribution in [2.75, 3.05) is 6.67 Å². The Bertz CT molecular complexity index is 186. The molecule has 1 aromatic carbocycles. The van der Waals surface area contributed by atoms with Crippen LogP contribution in [0, 0.1) is 6.07 Å². The van der Waals surface area contributed by atoms with Crippen LogP contribution in [0.2, 0.25) is 0 Å². The van der Waals surface area contributed by atoms with Crippen molar-refractivity contribution in [3.63, 3.8) is 0 Å². The van der Waals surface area contributed by atoms with Crippen LogP contribution in [-0.2, 0) is 0 Å². The number of alkyl halides is 1. The highest BCUT2D eigenvalue weighted by Crippen LogP contribution is 2.08. The predicted octanol–water partition coefficient (Wildman–Crippen LogP) is 1.46. The lowest BCUT2D eigenvalue weighted by atomic mass is 10.1. The molecule has 10 heavy (non-hydrogen) atoms. The normalized spacial score (nSPS) is 13.0. The van der Waals surface area contributed by atoms with Gasteiger partial charge >= 0.3 is 0 Å². The van der Waals surface area contributed by atoms with Crippen molar-refractivity contribution < 1.29 is 4.39 Å². The second kappa shape index (κ2) is 3.32. The molecule has 0 bridgehead atoms. The molecule has 2 heteroatoms. The van der Waals surface area contributed by atoms with E-state index in [1.165, 1.54) is 0 Å². The smallest absolute Gasteiger partial charge is 0.109 e. The van der Waals surface area contributed by atoms with Crippen molar-refractivity contribution in [2.24, 2.45) is 5.73 Å². The summed E-state index contributed by atoms with van der Waals surface area (Å²) in [6.07, 6.45) is 0. The Hall–Kier alpha value is -0.890. The van der Waals surface area contributed by atoms with E-state index < -0.39 is 12.7 Å². The number of halogens is 1. The van der Waals surface area contributed by atoms with E-state index >= 15 is 0 Å². The maximum atomic E-state index is 11.9. The van der Waals surface area contributed by atoms with E-state index in [1.54, 1.807) is 24.3 Å². The van der Waals surface area contributed by atoms with Gasteiger partial charge in [0.15, 0.2) is 0 Å². The molecular weight excluding hydrogens is 129 g/mol. The van der Waals surface area contributed by atoms with Gasteiger partial charge < -0.3 is 5.73 Å². The summed E-state index contributed by atoms with van der Waals surface area (Å²) in [5.74, 6) is 0. The predicted molar refractivity (Wildman–Crippen MR) is 38.2 cm³/mol. The highest BCUT2D eigenvalue weighted by molar-refractivity contribution is 5.17. The summed E-state index contributed by atoms with van der Waals surface area (Å²) >= 11 is 0. The van der Waals surface area contributed by atoms with Gasteiger partial charge in [0.25, 0.3) is 0 Å². The Labute approximate surface area is 59.7 Å². The summed E-state index contributed by atoms with van der Waals surface area (Å²) in [5, 5.41) is 0. The second-order valence-corrected chi connectivity index (χ2v) is 2.09. The van der Waals surface area contributed by atoms with E-state index in [-0.39, 0.29) is 0 Å². The Morgan fingerprint density at radius 1 is 1.50 bits per heavy atom. The van der Waals surface area contributed by atoms with E-state index in [1.807, 2.05) is 0 Å². The number of benzene rings is 1. The van der Waals surface area contributed by atoms with Crippen LogP contribution in [0.3, 0.4) is 0 Å². The van der Waals surface area contributed by atoms with Gasteiger partial charge in [-0.15, -0.1) is 0 Å². The summed E-state index contributed by atoms with van der Waals surface area (Å²) in [6.45, 7) is -0.510. The molecule has 53 valence electrons. The molecule has 0 saturated heterocycles. The lowest BCUT2D eigenvalue weighted by molar-refractivity contribution is 0.437. The van der Waals surface area contributed by atoms with E-state index in [2.05, 4.69) is 6.07 Å². The van der Waals surface area contributed by atoms with E-state index in [9.17, 15) is 4.39 Å². The zero-order valence-corrected chi connectivity index (χ0v) is 5.55. The van der Waals surface area contributed by atoms with Crippen molar-refractivity contribution in [1.82, 2.24) is 0 Å². The van der Waals surface area contributed by atoms with Gasteiger partial charge in [0.2, 0.25) is 0 Å². The minimum absolute atomic E-state index is 0.477. The van der Waals surface area contributed by atoms with Gasteiger partial charge in [0, 0.05) is 0 Å². The number of nitrogens with two attached hydrogens (primary N) is 1. The summed E-state index contributed by atoms with van der Waals surface area (Å²) in [6, 6.07) is 9.35. The molecule has 0 amide bonds. The van der Waals surface area contributed by atoms with Gasteiger partial charge in [0.05, 0.1) is 6.04 Å². The fourth-order valence-electron chi connectivity index (χ4n) is 0.736. The average Bonchev–Trinajstić information content (AvgIpc) is 2.05. The highest BCUT2D eigenvalue weighted by Gasteiger charge is 2.01. The molecule has 0 spiro atoms. The lowest BCUT2D eigenvalue weighted by Gasteiger charge is -2.04. The molecule has 1 nitrogen and oxygen atoms in total. The molecule has 0 aliphatic rings. The van der Waals surface area contributed by atoms with Crippen LogP contribution in [0.1, 0.15) is 11.6 Å². The van der Waals surface area contributed by atoms with E-state index in [0.29, 0.717) is 0 Å². The van der Waals surface area contributed by atoms with Crippen LogP contribution >= 0.6 is 0 Å². The molecule has 0 aliphatic heterocycles. The van der Waals surface area contributed by atoms with Crippen LogP contribution in [0.15, 0.2) is 24.3 Å². The molecule has 1 radical (unpaired) electrons. The molecule has 1 aromatic rings. The first-order valence-electron chi connectivity index (χ1n) is 3.12. The molecular formula is C8H9FN. The van der Waals surface area contributed by atoms with Crippen molar-refractivity contribution in [3.8, 4) is 0 Å². The molecule has 0 aliphatic carbocycles. The Balaban J connectivity index is 2.75. The highest BCUT2D eigenvalue weighted by atomic mass is 19.1. The van der Waals surface area contributed by atoms with Crippen LogP contribution in [0.4, 0.5) is 4.39 Å². The first kappa shape index (κ1) is 7.22. The minimum atomic E-state index is -0.510. The van der Waals surface area contributed by atoms with E-state index in [0.717, 1.165) is 5.56 Å². The van der Waals surface area contributed by atoms with Gasteiger partial charge in [-0.3, -0.25) is 0 Å². The van der Waals surface area contributed by atoms with E-state index in [4.69, 9.17) is 5.73 Å². The molecule has 0 saturated carbocycles. The minimum Gasteiger partial charge on any atom is -0.322 e. The molecule has 0 fully saturated rings. The average molecular weight is 138 g/mol. The van der Waals surface area contributed by atoms with Gasteiger partial charge in [-0.25, -0.2) is 4.39 Å². The van der Waals surface area contributed by atoms with Crippen LogP contribution in [0.25, 0.3) is 0 Å². The van der Waals surface area contributed by atoms with Crippen molar-refractivity contribution >= 4 is 0 Å². The summed E-state index contributed by atoms with van der Waals surface area (Å²) in [5.41, 5.74) is 6.23. The van der Waals surface area contributed by atoms with Gasteiger partial charge in [-0.05, 0) is 11.6 Å². The molecule has 0 heterocycles. The number of hydrogen-bond acceptors (Lipinski definition) is 1. The molecule has 1 rings (SSSR count). The summed E-state index contributed by atoms with van der Waals surface area (Å²) in [4.78, 5) is 0. The lowest BCUT2D eigenvalue weighted by Crippen LogP contribution is -2.11. The fourth-order valence-corrected chi connectivity index (χ4v) is 0.736. The fraction of sp³-hybridized carbons (Fsp3) is 0.250.